The lowest BCUT2D eigenvalue weighted by atomic mass is 10.3. The largest absolute Gasteiger partial charge is 0.460 e. The van der Waals surface area contributed by atoms with E-state index in [1.54, 1.807) is 0 Å². The number of furan rings is 1. The molecule has 2 aromatic rings. The maximum Gasteiger partial charge on any atom is 0.152 e. The van der Waals surface area contributed by atoms with Gasteiger partial charge in [-0.3, -0.25) is 0 Å². The van der Waals surface area contributed by atoms with Gasteiger partial charge in [0.05, 0.1) is 5.69 Å². The zero-order chi connectivity index (χ0) is 12.4. The van der Waals surface area contributed by atoms with Gasteiger partial charge in [-0.05, 0) is 33.0 Å². The van der Waals surface area contributed by atoms with Crippen LogP contribution >= 0.6 is 0 Å². The van der Waals surface area contributed by atoms with E-state index >= 15 is 0 Å². The molecule has 17 heavy (non-hydrogen) atoms. The molecule has 2 rings (SSSR count). The monoisotopic (exact) mass is 233 g/mol. The second-order valence-electron chi connectivity index (χ2n) is 4.28. The Morgan fingerprint density at radius 3 is 2.71 bits per heavy atom. The number of aromatic nitrogens is 2. The van der Waals surface area contributed by atoms with Crippen LogP contribution in [-0.2, 0) is 13.5 Å². The lowest BCUT2D eigenvalue weighted by Gasteiger charge is -2.04. The lowest BCUT2D eigenvalue weighted by molar-refractivity contribution is 0.542. The third-order valence-corrected chi connectivity index (χ3v) is 2.93. The predicted octanol–water partition coefficient (Wildman–Crippen LogP) is 2.06. The summed E-state index contributed by atoms with van der Waals surface area (Å²) in [5.41, 5.74) is 2.09. The second kappa shape index (κ2) is 4.75. The first-order valence-corrected chi connectivity index (χ1v) is 5.87. The lowest BCUT2D eigenvalue weighted by Crippen LogP contribution is -2.13. The molecule has 0 aliphatic rings. The van der Waals surface area contributed by atoms with Crippen LogP contribution in [0, 0.1) is 13.8 Å². The highest BCUT2D eigenvalue weighted by molar-refractivity contribution is 5.56. The minimum atomic E-state index is 0.894. The quantitative estimate of drug-likeness (QED) is 0.879. The highest BCUT2D eigenvalue weighted by Crippen LogP contribution is 2.25. The molecule has 92 valence electrons. The second-order valence-corrected chi connectivity index (χ2v) is 4.28. The summed E-state index contributed by atoms with van der Waals surface area (Å²) >= 11 is 0. The SMILES string of the molecule is CNCCc1nc(C)c(-c2ccc(C)o2)n1C. The van der Waals surface area contributed by atoms with Gasteiger partial charge in [0.25, 0.3) is 0 Å². The summed E-state index contributed by atoms with van der Waals surface area (Å²) in [6.07, 6.45) is 0.924. The van der Waals surface area contributed by atoms with Crippen LogP contribution in [0.1, 0.15) is 17.3 Å². The highest BCUT2D eigenvalue weighted by atomic mass is 16.3. The van der Waals surface area contributed by atoms with Crippen molar-refractivity contribution in [2.75, 3.05) is 13.6 Å². The van der Waals surface area contributed by atoms with Crippen molar-refractivity contribution >= 4 is 0 Å². The molecule has 0 spiro atoms. The summed E-state index contributed by atoms with van der Waals surface area (Å²) in [6, 6.07) is 3.98. The number of rotatable bonds is 4. The fraction of sp³-hybridized carbons (Fsp3) is 0.462. The van der Waals surface area contributed by atoms with Gasteiger partial charge in [-0.25, -0.2) is 4.98 Å². The summed E-state index contributed by atoms with van der Waals surface area (Å²) in [4.78, 5) is 4.60. The van der Waals surface area contributed by atoms with Gasteiger partial charge >= 0.3 is 0 Å². The van der Waals surface area contributed by atoms with E-state index in [1.807, 2.05) is 40.1 Å². The Labute approximate surface area is 102 Å². The Bertz CT molecular complexity index is 511. The number of nitrogens with one attached hydrogen (secondary N) is 1. The first-order valence-electron chi connectivity index (χ1n) is 5.87. The Hall–Kier alpha value is -1.55. The third kappa shape index (κ3) is 2.26. The van der Waals surface area contributed by atoms with E-state index < -0.39 is 0 Å². The zero-order valence-electron chi connectivity index (χ0n) is 10.9. The molecular formula is C13H19N3O. The number of likely N-dealkylation sites (N-methyl/N-ethyl adjacent to an activating group) is 1. The van der Waals surface area contributed by atoms with Crippen molar-refractivity contribution in [2.24, 2.45) is 7.05 Å². The topological polar surface area (TPSA) is 43.0 Å². The molecule has 0 aliphatic carbocycles. The molecule has 0 saturated heterocycles. The molecule has 0 radical (unpaired) electrons. The van der Waals surface area contributed by atoms with Crippen molar-refractivity contribution in [1.82, 2.24) is 14.9 Å². The van der Waals surface area contributed by atoms with E-state index in [9.17, 15) is 0 Å². The molecule has 0 atom stereocenters. The fourth-order valence-electron chi connectivity index (χ4n) is 2.06. The van der Waals surface area contributed by atoms with Crippen LogP contribution in [-0.4, -0.2) is 23.1 Å². The van der Waals surface area contributed by atoms with E-state index in [4.69, 9.17) is 4.42 Å². The zero-order valence-corrected chi connectivity index (χ0v) is 10.9. The molecule has 0 amide bonds. The molecule has 0 unspecified atom stereocenters. The van der Waals surface area contributed by atoms with Crippen molar-refractivity contribution in [3.63, 3.8) is 0 Å². The molecule has 0 aliphatic heterocycles. The fourth-order valence-corrected chi connectivity index (χ4v) is 2.06. The number of imidazole rings is 1. The van der Waals surface area contributed by atoms with E-state index in [1.165, 1.54) is 0 Å². The minimum absolute atomic E-state index is 0.894. The predicted molar refractivity (Wildman–Crippen MR) is 68.0 cm³/mol. The first-order chi connectivity index (χ1) is 8.13. The minimum Gasteiger partial charge on any atom is -0.460 e. The van der Waals surface area contributed by atoms with Crippen molar-refractivity contribution in [2.45, 2.75) is 20.3 Å². The Kier molecular flexibility index (Phi) is 3.33. The van der Waals surface area contributed by atoms with Gasteiger partial charge in [-0.2, -0.15) is 0 Å². The van der Waals surface area contributed by atoms with Gasteiger partial charge in [0.1, 0.15) is 17.3 Å². The number of hydrogen-bond donors (Lipinski definition) is 1. The van der Waals surface area contributed by atoms with Crippen LogP contribution in [0.2, 0.25) is 0 Å². The standard InChI is InChI=1S/C13H19N3O/c1-9-5-6-11(17-9)13-10(2)15-12(16(13)4)7-8-14-3/h5-6,14H,7-8H2,1-4H3. The van der Waals surface area contributed by atoms with Crippen LogP contribution in [0.15, 0.2) is 16.5 Å². The van der Waals surface area contributed by atoms with Gasteiger partial charge in [-0.1, -0.05) is 0 Å². The average Bonchev–Trinajstić information content (AvgIpc) is 2.81. The summed E-state index contributed by atoms with van der Waals surface area (Å²) in [7, 11) is 3.99. The van der Waals surface area contributed by atoms with Crippen LogP contribution in [0.4, 0.5) is 0 Å². The summed E-state index contributed by atoms with van der Waals surface area (Å²) in [6.45, 7) is 4.91. The molecule has 2 heterocycles. The molecular weight excluding hydrogens is 214 g/mol. The van der Waals surface area contributed by atoms with Gasteiger partial charge in [0.2, 0.25) is 0 Å². The van der Waals surface area contributed by atoms with Crippen molar-refractivity contribution < 1.29 is 4.42 Å². The number of aryl methyl sites for hydroxylation is 2. The molecule has 4 heteroatoms. The van der Waals surface area contributed by atoms with Gasteiger partial charge in [-0.15, -0.1) is 0 Å². The summed E-state index contributed by atoms with van der Waals surface area (Å²) < 4.78 is 7.79. The van der Waals surface area contributed by atoms with Gasteiger partial charge < -0.3 is 14.3 Å². The van der Waals surface area contributed by atoms with Crippen molar-refractivity contribution in [3.05, 3.63) is 29.4 Å². The molecule has 0 saturated carbocycles. The van der Waals surface area contributed by atoms with E-state index in [2.05, 4.69) is 14.9 Å². The highest BCUT2D eigenvalue weighted by Gasteiger charge is 2.15. The van der Waals surface area contributed by atoms with Crippen LogP contribution in [0.3, 0.4) is 0 Å². The molecule has 0 aromatic carbocycles. The Morgan fingerprint density at radius 2 is 2.12 bits per heavy atom. The third-order valence-electron chi connectivity index (χ3n) is 2.93. The van der Waals surface area contributed by atoms with E-state index in [0.29, 0.717) is 0 Å². The average molecular weight is 233 g/mol. The number of nitrogens with zero attached hydrogens (tertiary/aromatic N) is 2. The van der Waals surface area contributed by atoms with E-state index in [0.717, 1.165) is 41.7 Å². The van der Waals surface area contributed by atoms with Crippen molar-refractivity contribution in [3.8, 4) is 11.5 Å². The normalized spacial score (nSPS) is 11.1. The van der Waals surface area contributed by atoms with Crippen molar-refractivity contribution in [1.29, 1.82) is 0 Å². The smallest absolute Gasteiger partial charge is 0.152 e. The maximum absolute atomic E-state index is 5.67. The molecule has 4 nitrogen and oxygen atoms in total. The first kappa shape index (κ1) is 11.9. The van der Waals surface area contributed by atoms with Gasteiger partial charge in [0.15, 0.2) is 5.76 Å². The molecule has 0 fully saturated rings. The van der Waals surface area contributed by atoms with Crippen LogP contribution in [0.5, 0.6) is 0 Å². The Balaban J connectivity index is 2.37. The van der Waals surface area contributed by atoms with Crippen LogP contribution < -0.4 is 5.32 Å². The van der Waals surface area contributed by atoms with E-state index in [-0.39, 0.29) is 0 Å². The number of hydrogen-bond acceptors (Lipinski definition) is 3. The molecule has 1 N–H and O–H groups in total. The summed E-state index contributed by atoms with van der Waals surface area (Å²) in [5.74, 6) is 2.91. The molecule has 0 bridgehead atoms. The molecule has 2 aromatic heterocycles. The maximum atomic E-state index is 5.67. The van der Waals surface area contributed by atoms with Gasteiger partial charge in [0, 0.05) is 20.0 Å². The summed E-state index contributed by atoms with van der Waals surface area (Å²) in [5, 5.41) is 3.14. The Morgan fingerprint density at radius 1 is 1.35 bits per heavy atom. The van der Waals surface area contributed by atoms with Crippen LogP contribution in [0.25, 0.3) is 11.5 Å².